The van der Waals surface area contributed by atoms with E-state index in [0.29, 0.717) is 11.3 Å². The molecule has 14 heavy (non-hydrogen) atoms. The molecule has 0 saturated heterocycles. The zero-order valence-corrected chi connectivity index (χ0v) is 9.10. The van der Waals surface area contributed by atoms with Gasteiger partial charge in [-0.3, -0.25) is 4.79 Å². The van der Waals surface area contributed by atoms with Gasteiger partial charge in [0, 0.05) is 16.2 Å². The van der Waals surface area contributed by atoms with Crippen LogP contribution in [0.15, 0.2) is 29.2 Å². The van der Waals surface area contributed by atoms with Gasteiger partial charge >= 0.3 is 0 Å². The molecule has 3 heteroatoms. The van der Waals surface area contributed by atoms with Crippen molar-refractivity contribution in [1.82, 2.24) is 0 Å². The molecule has 0 bridgehead atoms. The summed E-state index contributed by atoms with van der Waals surface area (Å²) in [6.07, 6.45) is 0.799. The maximum atomic E-state index is 13.1. The van der Waals surface area contributed by atoms with Gasteiger partial charge in [-0.1, -0.05) is 12.1 Å². The fourth-order valence-electron chi connectivity index (χ4n) is 0.898. The number of hydrogen-bond acceptors (Lipinski definition) is 2. The first-order valence-corrected chi connectivity index (χ1v) is 5.37. The molecule has 1 aromatic carbocycles. The molecule has 0 aliphatic carbocycles. The van der Waals surface area contributed by atoms with E-state index in [9.17, 15) is 9.18 Å². The monoisotopic (exact) mass is 212 g/mol. The van der Waals surface area contributed by atoms with Crippen molar-refractivity contribution in [2.45, 2.75) is 24.4 Å². The van der Waals surface area contributed by atoms with Crippen LogP contribution in [0.2, 0.25) is 0 Å². The van der Waals surface area contributed by atoms with Crippen molar-refractivity contribution < 1.29 is 9.18 Å². The molecule has 0 saturated carbocycles. The average molecular weight is 212 g/mol. The van der Waals surface area contributed by atoms with Gasteiger partial charge in [-0.2, -0.15) is 0 Å². The summed E-state index contributed by atoms with van der Waals surface area (Å²) in [5.74, 6) is 0.424. The van der Waals surface area contributed by atoms with E-state index in [4.69, 9.17) is 0 Å². The lowest BCUT2D eigenvalue weighted by Crippen LogP contribution is -2.14. The van der Waals surface area contributed by atoms with E-state index in [1.54, 1.807) is 26.0 Å². The van der Waals surface area contributed by atoms with Crippen molar-refractivity contribution in [1.29, 1.82) is 0 Å². The van der Waals surface area contributed by atoms with Gasteiger partial charge in [0.15, 0.2) is 0 Å². The van der Waals surface area contributed by atoms with Gasteiger partial charge in [-0.25, -0.2) is 4.39 Å². The third-order valence-electron chi connectivity index (χ3n) is 1.60. The largest absolute Gasteiger partial charge is 0.298 e. The summed E-state index contributed by atoms with van der Waals surface area (Å²) in [7, 11) is 0. The summed E-state index contributed by atoms with van der Waals surface area (Å²) in [6.45, 7) is 3.11. The minimum absolute atomic E-state index is 0.424. The number of carbonyl (C=O) groups excluding carboxylic acids is 1. The van der Waals surface area contributed by atoms with Crippen LogP contribution >= 0.6 is 11.8 Å². The quantitative estimate of drug-likeness (QED) is 0.562. The Morgan fingerprint density at radius 1 is 1.36 bits per heavy atom. The van der Waals surface area contributed by atoms with Gasteiger partial charge in [-0.15, -0.1) is 11.8 Å². The van der Waals surface area contributed by atoms with Crippen molar-refractivity contribution in [3.8, 4) is 0 Å². The molecule has 0 unspecified atom stereocenters. The van der Waals surface area contributed by atoms with E-state index in [0.717, 1.165) is 11.2 Å². The van der Waals surface area contributed by atoms with Crippen molar-refractivity contribution >= 4 is 18.0 Å². The normalized spacial score (nSPS) is 11.4. The van der Waals surface area contributed by atoms with Crippen LogP contribution in [0.4, 0.5) is 4.39 Å². The van der Waals surface area contributed by atoms with E-state index in [2.05, 4.69) is 0 Å². The van der Waals surface area contributed by atoms with Gasteiger partial charge in [0.1, 0.15) is 12.0 Å². The topological polar surface area (TPSA) is 17.1 Å². The summed E-state index contributed by atoms with van der Waals surface area (Å²) in [5, 5.41) is 0. The first-order chi connectivity index (χ1) is 6.51. The van der Waals surface area contributed by atoms with Crippen LogP contribution in [-0.4, -0.2) is 17.7 Å². The highest BCUT2D eigenvalue weighted by Gasteiger charge is 2.15. The molecule has 0 aliphatic heterocycles. The standard InChI is InChI=1S/C11H13FOS/c1-11(2,12)8-14-10-5-3-9(7-13)4-6-10/h3-7H,8H2,1-2H3. The van der Waals surface area contributed by atoms with Crippen LogP contribution in [0, 0.1) is 0 Å². The molecular weight excluding hydrogens is 199 g/mol. The highest BCUT2D eigenvalue weighted by Crippen LogP contribution is 2.24. The molecule has 0 aromatic heterocycles. The lowest BCUT2D eigenvalue weighted by molar-refractivity contribution is 0.112. The lowest BCUT2D eigenvalue weighted by atomic mass is 10.2. The number of halogens is 1. The van der Waals surface area contributed by atoms with Crippen LogP contribution in [-0.2, 0) is 0 Å². The molecule has 0 N–H and O–H groups in total. The molecule has 0 heterocycles. The zero-order chi connectivity index (χ0) is 10.6. The molecule has 1 rings (SSSR count). The number of hydrogen-bond donors (Lipinski definition) is 0. The Labute approximate surface area is 87.7 Å². The molecule has 1 nitrogen and oxygen atoms in total. The van der Waals surface area contributed by atoms with Crippen LogP contribution in [0.5, 0.6) is 0 Å². The minimum Gasteiger partial charge on any atom is -0.298 e. The molecule has 0 amide bonds. The second-order valence-electron chi connectivity index (χ2n) is 3.69. The second-order valence-corrected chi connectivity index (χ2v) is 4.74. The van der Waals surface area contributed by atoms with E-state index < -0.39 is 5.67 Å². The van der Waals surface area contributed by atoms with E-state index in [-0.39, 0.29) is 0 Å². The van der Waals surface area contributed by atoms with Gasteiger partial charge < -0.3 is 0 Å². The molecule has 0 fully saturated rings. The molecular formula is C11H13FOS. The number of thioether (sulfide) groups is 1. The Hall–Kier alpha value is -0.830. The Morgan fingerprint density at radius 3 is 2.36 bits per heavy atom. The van der Waals surface area contributed by atoms with Crippen molar-refractivity contribution in [2.24, 2.45) is 0 Å². The van der Waals surface area contributed by atoms with E-state index in [1.807, 2.05) is 12.1 Å². The first kappa shape index (κ1) is 11.2. The van der Waals surface area contributed by atoms with Crippen LogP contribution in [0.3, 0.4) is 0 Å². The highest BCUT2D eigenvalue weighted by molar-refractivity contribution is 7.99. The SMILES string of the molecule is CC(C)(F)CSc1ccc(C=O)cc1. The molecule has 1 aromatic rings. The Kier molecular flexibility index (Phi) is 3.69. The maximum absolute atomic E-state index is 13.1. The minimum atomic E-state index is -1.16. The summed E-state index contributed by atoms with van der Waals surface area (Å²) < 4.78 is 13.1. The molecule has 0 atom stereocenters. The van der Waals surface area contributed by atoms with Gasteiger partial charge in [-0.05, 0) is 26.0 Å². The predicted octanol–water partition coefficient (Wildman–Crippen LogP) is 3.34. The molecule has 0 spiro atoms. The highest BCUT2D eigenvalue weighted by atomic mass is 32.2. The third kappa shape index (κ3) is 3.92. The van der Waals surface area contributed by atoms with E-state index in [1.165, 1.54) is 11.8 Å². The lowest BCUT2D eigenvalue weighted by Gasteiger charge is -2.12. The Balaban J connectivity index is 2.56. The van der Waals surface area contributed by atoms with Gasteiger partial charge in [0.05, 0.1) is 0 Å². The summed E-state index contributed by atoms with van der Waals surface area (Å²) in [6, 6.07) is 7.14. The fraction of sp³-hybridized carbons (Fsp3) is 0.364. The molecule has 0 radical (unpaired) electrons. The molecule has 76 valence electrons. The predicted molar refractivity (Wildman–Crippen MR) is 57.7 cm³/mol. The number of alkyl halides is 1. The first-order valence-electron chi connectivity index (χ1n) is 4.38. The third-order valence-corrected chi connectivity index (χ3v) is 3.03. The van der Waals surface area contributed by atoms with Crippen LogP contribution in [0.25, 0.3) is 0 Å². The summed E-state index contributed by atoms with van der Waals surface area (Å²) >= 11 is 1.46. The second kappa shape index (κ2) is 4.60. The van der Waals surface area contributed by atoms with Crippen molar-refractivity contribution in [3.63, 3.8) is 0 Å². The fourth-order valence-corrected chi connectivity index (χ4v) is 1.74. The summed E-state index contributed by atoms with van der Waals surface area (Å²) in [5.41, 5.74) is -0.512. The summed E-state index contributed by atoms with van der Waals surface area (Å²) in [4.78, 5) is 11.4. The smallest absolute Gasteiger partial charge is 0.150 e. The number of benzene rings is 1. The molecule has 0 aliphatic rings. The van der Waals surface area contributed by atoms with Crippen LogP contribution in [0.1, 0.15) is 24.2 Å². The van der Waals surface area contributed by atoms with Crippen molar-refractivity contribution in [3.05, 3.63) is 29.8 Å². The van der Waals surface area contributed by atoms with Gasteiger partial charge in [0.2, 0.25) is 0 Å². The number of aldehydes is 1. The average Bonchev–Trinajstić information content (AvgIpc) is 2.14. The van der Waals surface area contributed by atoms with Crippen LogP contribution < -0.4 is 0 Å². The Morgan fingerprint density at radius 2 is 1.93 bits per heavy atom. The Bertz CT molecular complexity index is 300. The zero-order valence-electron chi connectivity index (χ0n) is 8.29. The number of rotatable bonds is 4. The van der Waals surface area contributed by atoms with Crippen molar-refractivity contribution in [2.75, 3.05) is 5.75 Å². The van der Waals surface area contributed by atoms with Gasteiger partial charge in [0.25, 0.3) is 0 Å². The number of carbonyl (C=O) groups is 1. The van der Waals surface area contributed by atoms with E-state index >= 15 is 0 Å². The maximum Gasteiger partial charge on any atom is 0.150 e.